The largest absolute Gasteiger partial charge is 0.383 e. The predicted molar refractivity (Wildman–Crippen MR) is 113 cm³/mol. The third kappa shape index (κ3) is 4.60. The number of nitrogens with zero attached hydrogens (tertiary/aromatic N) is 3. The molecule has 29 heavy (non-hydrogen) atoms. The normalized spacial score (nSPS) is 11.9. The number of ether oxygens (including phenoxy) is 1. The Morgan fingerprint density at radius 1 is 1.21 bits per heavy atom. The monoisotopic (exact) mass is 413 g/mol. The van der Waals surface area contributed by atoms with Crippen LogP contribution in [-0.4, -0.2) is 29.1 Å². The summed E-state index contributed by atoms with van der Waals surface area (Å²) >= 11 is 1.27. The number of thiazole rings is 1. The second-order valence-electron chi connectivity index (χ2n) is 7.00. The number of hydrogen-bond acceptors (Lipinski definition) is 5. The highest BCUT2D eigenvalue weighted by atomic mass is 32.1. The van der Waals surface area contributed by atoms with Gasteiger partial charge >= 0.3 is 0 Å². The van der Waals surface area contributed by atoms with Crippen LogP contribution in [0.3, 0.4) is 0 Å². The number of rotatable bonds is 6. The number of aromatic nitrogens is 1. The molecule has 0 spiro atoms. The van der Waals surface area contributed by atoms with E-state index in [2.05, 4.69) is 17.1 Å². The van der Waals surface area contributed by atoms with Crippen molar-refractivity contribution in [2.75, 3.05) is 13.7 Å². The number of aryl methyl sites for hydroxylation is 3. The molecular formula is C21H23N3O4S. The second-order valence-corrected chi connectivity index (χ2v) is 8.01. The van der Waals surface area contributed by atoms with E-state index < -0.39 is 4.92 Å². The van der Waals surface area contributed by atoms with Crippen molar-refractivity contribution in [2.45, 2.75) is 33.7 Å². The Labute approximate surface area is 172 Å². The number of methoxy groups -OCH3 is 1. The van der Waals surface area contributed by atoms with Crippen LogP contribution in [0, 0.1) is 30.9 Å². The van der Waals surface area contributed by atoms with Gasteiger partial charge in [-0.15, -0.1) is 0 Å². The number of nitro benzene ring substituents is 1. The molecule has 0 fully saturated rings. The van der Waals surface area contributed by atoms with Crippen molar-refractivity contribution in [1.82, 2.24) is 4.57 Å². The average molecular weight is 413 g/mol. The first-order chi connectivity index (χ1) is 13.8. The topological polar surface area (TPSA) is 86.7 Å². The molecule has 152 valence electrons. The van der Waals surface area contributed by atoms with Crippen LogP contribution in [0.2, 0.25) is 0 Å². The lowest BCUT2D eigenvalue weighted by Gasteiger charge is -2.09. The van der Waals surface area contributed by atoms with Crippen LogP contribution in [0.25, 0.3) is 10.2 Å². The van der Waals surface area contributed by atoms with E-state index in [1.807, 2.05) is 25.3 Å². The molecule has 0 aliphatic carbocycles. The number of non-ortho nitro benzene ring substituents is 1. The minimum atomic E-state index is -0.427. The highest BCUT2D eigenvalue weighted by Crippen LogP contribution is 2.23. The van der Waals surface area contributed by atoms with Gasteiger partial charge in [0.25, 0.3) is 11.6 Å². The fourth-order valence-corrected chi connectivity index (χ4v) is 4.55. The molecule has 2 aromatic carbocycles. The van der Waals surface area contributed by atoms with Crippen LogP contribution in [0.15, 0.2) is 35.3 Å². The number of fused-ring (bicyclic) bond motifs is 1. The van der Waals surface area contributed by atoms with E-state index >= 15 is 0 Å². The lowest BCUT2D eigenvalue weighted by molar-refractivity contribution is -0.384. The van der Waals surface area contributed by atoms with Crippen molar-refractivity contribution in [3.63, 3.8) is 0 Å². The molecule has 0 aliphatic heterocycles. The van der Waals surface area contributed by atoms with Crippen molar-refractivity contribution in [2.24, 2.45) is 4.99 Å². The molecule has 8 heteroatoms. The summed E-state index contributed by atoms with van der Waals surface area (Å²) in [5.41, 5.74) is 5.12. The number of benzene rings is 2. The Bertz CT molecular complexity index is 1140. The summed E-state index contributed by atoms with van der Waals surface area (Å²) in [7, 11) is 1.60. The Morgan fingerprint density at radius 3 is 2.52 bits per heavy atom. The van der Waals surface area contributed by atoms with E-state index in [1.165, 1.54) is 23.5 Å². The Balaban J connectivity index is 2.03. The van der Waals surface area contributed by atoms with Crippen molar-refractivity contribution < 1.29 is 14.5 Å². The van der Waals surface area contributed by atoms with Crippen LogP contribution in [0.1, 0.15) is 22.3 Å². The molecule has 0 saturated heterocycles. The predicted octanol–water partition coefficient (Wildman–Crippen LogP) is 3.85. The minimum absolute atomic E-state index is 0.0152. The maximum Gasteiger partial charge on any atom is 0.270 e. The molecule has 0 radical (unpaired) electrons. The fourth-order valence-electron chi connectivity index (χ4n) is 3.45. The van der Waals surface area contributed by atoms with E-state index in [9.17, 15) is 14.9 Å². The summed E-state index contributed by atoms with van der Waals surface area (Å²) in [6.45, 7) is 6.98. The zero-order valence-electron chi connectivity index (χ0n) is 16.9. The van der Waals surface area contributed by atoms with Crippen LogP contribution in [-0.2, 0) is 22.5 Å². The van der Waals surface area contributed by atoms with Gasteiger partial charge in [-0.3, -0.25) is 14.9 Å². The molecule has 0 bridgehead atoms. The summed E-state index contributed by atoms with van der Waals surface area (Å²) in [5.74, 6) is -0.243. The van der Waals surface area contributed by atoms with Crippen LogP contribution in [0.4, 0.5) is 5.69 Å². The van der Waals surface area contributed by atoms with Crippen molar-refractivity contribution in [3.05, 3.63) is 67.5 Å². The Morgan fingerprint density at radius 2 is 1.90 bits per heavy atom. The van der Waals surface area contributed by atoms with E-state index in [4.69, 9.17) is 4.74 Å². The van der Waals surface area contributed by atoms with Gasteiger partial charge in [0.05, 0.1) is 28.2 Å². The van der Waals surface area contributed by atoms with Gasteiger partial charge in [0, 0.05) is 25.8 Å². The summed E-state index contributed by atoms with van der Waals surface area (Å²) in [4.78, 5) is 28.3. The van der Waals surface area contributed by atoms with Crippen molar-refractivity contribution in [3.8, 4) is 0 Å². The molecule has 0 saturated carbocycles. The van der Waals surface area contributed by atoms with Gasteiger partial charge in [0.2, 0.25) is 0 Å². The molecule has 3 aromatic rings. The third-order valence-electron chi connectivity index (χ3n) is 4.78. The van der Waals surface area contributed by atoms with E-state index in [0.717, 1.165) is 27.8 Å². The summed E-state index contributed by atoms with van der Waals surface area (Å²) in [5, 5.41) is 11.1. The van der Waals surface area contributed by atoms with E-state index in [0.29, 0.717) is 22.7 Å². The smallest absolute Gasteiger partial charge is 0.270 e. The Hall–Kier alpha value is -2.84. The number of nitro groups is 1. The highest BCUT2D eigenvalue weighted by molar-refractivity contribution is 7.16. The number of amides is 1. The molecule has 3 rings (SSSR count). The molecule has 1 heterocycles. The first kappa shape index (κ1) is 20.9. The summed E-state index contributed by atoms with van der Waals surface area (Å²) in [6.07, 6.45) is 0.219. The van der Waals surface area contributed by atoms with Gasteiger partial charge in [-0.25, -0.2) is 0 Å². The minimum Gasteiger partial charge on any atom is -0.383 e. The maximum atomic E-state index is 12.7. The maximum absolute atomic E-state index is 12.7. The highest BCUT2D eigenvalue weighted by Gasteiger charge is 2.14. The summed E-state index contributed by atoms with van der Waals surface area (Å²) < 4.78 is 7.76. The fraction of sp³-hybridized carbons (Fsp3) is 0.333. The zero-order valence-corrected chi connectivity index (χ0v) is 17.7. The first-order valence-electron chi connectivity index (χ1n) is 9.21. The third-order valence-corrected chi connectivity index (χ3v) is 5.83. The molecule has 7 nitrogen and oxygen atoms in total. The van der Waals surface area contributed by atoms with E-state index in [-0.39, 0.29) is 18.0 Å². The van der Waals surface area contributed by atoms with Gasteiger partial charge in [0.15, 0.2) is 4.80 Å². The average Bonchev–Trinajstić information content (AvgIpc) is 2.98. The molecule has 0 unspecified atom stereocenters. The zero-order chi connectivity index (χ0) is 21.1. The second kappa shape index (κ2) is 8.67. The molecule has 1 amide bonds. The number of carbonyl (C=O) groups is 1. The van der Waals surface area contributed by atoms with E-state index in [1.54, 1.807) is 13.2 Å². The first-order valence-corrected chi connectivity index (χ1v) is 10.0. The SMILES string of the molecule is COCCn1c(=NC(=O)Cc2c(C)cc(C)cc2C)sc2cc([N+](=O)[O-])ccc21. The van der Waals surface area contributed by atoms with Gasteiger partial charge in [-0.05, 0) is 43.5 Å². The molecule has 1 aromatic heterocycles. The molecule has 0 aliphatic rings. The van der Waals surface area contributed by atoms with Crippen LogP contribution >= 0.6 is 11.3 Å². The molecular weight excluding hydrogens is 390 g/mol. The standard InChI is InChI=1S/C21H23N3O4S/c1-13-9-14(2)17(15(3)10-13)12-20(25)22-21-23(7-8-28-4)18-6-5-16(24(26)27)11-19(18)29-21/h5-6,9-11H,7-8,12H2,1-4H3. The van der Waals surface area contributed by atoms with Gasteiger partial charge in [-0.1, -0.05) is 29.0 Å². The lowest BCUT2D eigenvalue weighted by Crippen LogP contribution is -2.20. The van der Waals surface area contributed by atoms with Gasteiger partial charge in [0.1, 0.15) is 0 Å². The molecule has 0 N–H and O–H groups in total. The molecule has 0 atom stereocenters. The quantitative estimate of drug-likeness (QED) is 0.454. The van der Waals surface area contributed by atoms with Gasteiger partial charge < -0.3 is 9.30 Å². The number of carbonyl (C=O) groups excluding carboxylic acids is 1. The van der Waals surface area contributed by atoms with Gasteiger partial charge in [-0.2, -0.15) is 4.99 Å². The Kier molecular flexibility index (Phi) is 6.24. The van der Waals surface area contributed by atoms with Crippen LogP contribution < -0.4 is 4.80 Å². The van der Waals surface area contributed by atoms with Crippen molar-refractivity contribution in [1.29, 1.82) is 0 Å². The number of hydrogen-bond donors (Lipinski definition) is 0. The lowest BCUT2D eigenvalue weighted by atomic mass is 9.97. The summed E-state index contributed by atoms with van der Waals surface area (Å²) in [6, 6.07) is 8.79. The van der Waals surface area contributed by atoms with Crippen LogP contribution in [0.5, 0.6) is 0 Å². The van der Waals surface area contributed by atoms with Crippen molar-refractivity contribution >= 4 is 33.1 Å².